The van der Waals surface area contributed by atoms with Crippen LogP contribution in [0.4, 0.5) is 0 Å². The van der Waals surface area contributed by atoms with Crippen molar-refractivity contribution in [2.24, 2.45) is 16.7 Å². The summed E-state index contributed by atoms with van der Waals surface area (Å²) < 4.78 is 6.51. The van der Waals surface area contributed by atoms with E-state index in [1.54, 1.807) is 0 Å². The number of carboxylic acid groups (broad SMARTS) is 1. The highest BCUT2D eigenvalue weighted by molar-refractivity contribution is 5.75. The van der Waals surface area contributed by atoms with E-state index in [-0.39, 0.29) is 5.41 Å². The second kappa shape index (κ2) is 6.54. The van der Waals surface area contributed by atoms with Crippen molar-refractivity contribution in [3.8, 4) is 0 Å². The minimum atomic E-state index is -0.735. The van der Waals surface area contributed by atoms with Crippen molar-refractivity contribution in [1.82, 2.24) is 4.90 Å². The molecule has 1 N–H and O–H groups in total. The van der Waals surface area contributed by atoms with Crippen LogP contribution in [0.1, 0.15) is 59.8 Å². The highest BCUT2D eigenvalue weighted by atomic mass is 16.5. The number of carboxylic acids is 1. The van der Waals surface area contributed by atoms with Crippen molar-refractivity contribution < 1.29 is 14.6 Å². The van der Waals surface area contributed by atoms with Gasteiger partial charge in [-0.2, -0.15) is 0 Å². The molecule has 0 radical (unpaired) electrons. The van der Waals surface area contributed by atoms with Gasteiger partial charge in [-0.05, 0) is 38.7 Å². The number of allylic oxidation sites excluding steroid dienone is 6. The molecule has 1 aliphatic heterocycles. The van der Waals surface area contributed by atoms with Crippen molar-refractivity contribution in [3.63, 3.8) is 0 Å². The van der Waals surface area contributed by atoms with E-state index in [0.717, 1.165) is 36.7 Å². The maximum absolute atomic E-state index is 12.0. The largest absolute Gasteiger partial charge is 0.481 e. The summed E-state index contributed by atoms with van der Waals surface area (Å²) in [5.74, 6) is 1.65. The summed E-state index contributed by atoms with van der Waals surface area (Å²) in [4.78, 5) is 14.3. The van der Waals surface area contributed by atoms with E-state index in [9.17, 15) is 9.90 Å². The predicted octanol–water partition coefficient (Wildman–Crippen LogP) is 4.70. The summed E-state index contributed by atoms with van der Waals surface area (Å²) in [6, 6.07) is 0. The Hall–Kier alpha value is -1.71. The molecule has 1 fully saturated rings. The average Bonchev–Trinajstić information content (AvgIpc) is 3.05. The monoisotopic (exact) mass is 345 g/mol. The third-order valence-corrected chi connectivity index (χ3v) is 5.86. The first-order valence-electron chi connectivity index (χ1n) is 9.49. The van der Waals surface area contributed by atoms with Crippen molar-refractivity contribution in [1.29, 1.82) is 0 Å². The van der Waals surface area contributed by atoms with Crippen LogP contribution < -0.4 is 0 Å². The first-order chi connectivity index (χ1) is 11.7. The molecule has 138 valence electrons. The van der Waals surface area contributed by atoms with E-state index in [2.05, 4.69) is 43.9 Å². The molecular formula is C21H31NO3. The predicted molar refractivity (Wildman–Crippen MR) is 98.7 cm³/mol. The van der Waals surface area contributed by atoms with Crippen LogP contribution in [0.2, 0.25) is 0 Å². The van der Waals surface area contributed by atoms with Crippen molar-refractivity contribution in [2.45, 2.75) is 59.8 Å². The Bertz CT molecular complexity index is 638. The van der Waals surface area contributed by atoms with Gasteiger partial charge in [-0.25, -0.2) is 0 Å². The van der Waals surface area contributed by atoms with E-state index >= 15 is 0 Å². The Balaban J connectivity index is 2.02. The van der Waals surface area contributed by atoms with Crippen molar-refractivity contribution in [3.05, 3.63) is 35.4 Å². The second-order valence-corrected chi connectivity index (χ2v) is 8.81. The Morgan fingerprint density at radius 1 is 1.28 bits per heavy atom. The smallest absolute Gasteiger partial charge is 0.309 e. The first kappa shape index (κ1) is 18.1. The van der Waals surface area contributed by atoms with Gasteiger partial charge in [0.1, 0.15) is 11.5 Å². The van der Waals surface area contributed by atoms with Gasteiger partial charge in [0.15, 0.2) is 0 Å². The summed E-state index contributed by atoms with van der Waals surface area (Å²) in [7, 11) is 0. The van der Waals surface area contributed by atoms with Gasteiger partial charge in [0.05, 0.1) is 11.1 Å². The molecule has 2 unspecified atom stereocenters. The second-order valence-electron chi connectivity index (χ2n) is 8.81. The molecule has 3 rings (SSSR count). The molecule has 4 heteroatoms. The fourth-order valence-corrected chi connectivity index (χ4v) is 4.53. The fraction of sp³-hybridized carbons (Fsp3) is 0.667. The van der Waals surface area contributed by atoms with Gasteiger partial charge in [0.25, 0.3) is 0 Å². The van der Waals surface area contributed by atoms with Crippen molar-refractivity contribution in [2.75, 3.05) is 13.1 Å². The average molecular weight is 345 g/mol. The third-order valence-electron chi connectivity index (χ3n) is 5.86. The van der Waals surface area contributed by atoms with Crippen LogP contribution in [0.25, 0.3) is 0 Å². The molecule has 0 aromatic rings. The lowest BCUT2D eigenvalue weighted by atomic mass is 9.65. The number of carbonyl (C=O) groups is 1. The number of aliphatic carboxylic acids is 1. The minimum Gasteiger partial charge on any atom is -0.481 e. The third kappa shape index (κ3) is 3.49. The zero-order chi connectivity index (χ0) is 18.2. The zero-order valence-electron chi connectivity index (χ0n) is 16.0. The van der Waals surface area contributed by atoms with Gasteiger partial charge in [-0.1, -0.05) is 32.9 Å². The van der Waals surface area contributed by atoms with E-state index in [0.29, 0.717) is 18.8 Å². The molecule has 4 nitrogen and oxygen atoms in total. The van der Waals surface area contributed by atoms with Crippen LogP contribution >= 0.6 is 0 Å². The minimum absolute atomic E-state index is 0.301. The molecule has 0 aromatic carbocycles. The standard InChI is InChI=1S/C21H31NO3/c1-15-9-5-6-10-17(15)25-18-16(22-11-7-8-12-22)13-21(4,19(23)24)14-20(18,2)3/h5-6,10,15H,7-9,11-14H2,1-4H3,(H,23,24). The van der Waals surface area contributed by atoms with Crippen LogP contribution in [-0.4, -0.2) is 29.1 Å². The quantitative estimate of drug-likeness (QED) is 0.802. The van der Waals surface area contributed by atoms with Gasteiger partial charge in [-0.3, -0.25) is 4.79 Å². The number of hydrogen-bond acceptors (Lipinski definition) is 3. The Morgan fingerprint density at radius 3 is 2.56 bits per heavy atom. The maximum Gasteiger partial charge on any atom is 0.309 e. The summed E-state index contributed by atoms with van der Waals surface area (Å²) in [5.41, 5.74) is 0.0764. The Morgan fingerprint density at radius 2 is 1.96 bits per heavy atom. The van der Waals surface area contributed by atoms with E-state index in [4.69, 9.17) is 4.74 Å². The van der Waals surface area contributed by atoms with Crippen LogP contribution in [-0.2, 0) is 9.53 Å². The number of ether oxygens (including phenoxy) is 1. The van der Waals surface area contributed by atoms with Crippen LogP contribution in [0.3, 0.4) is 0 Å². The number of hydrogen-bond donors (Lipinski definition) is 1. The van der Waals surface area contributed by atoms with Gasteiger partial charge in [0, 0.05) is 30.8 Å². The molecule has 1 heterocycles. The van der Waals surface area contributed by atoms with E-state index in [1.807, 2.05) is 6.92 Å². The van der Waals surface area contributed by atoms with Gasteiger partial charge in [-0.15, -0.1) is 0 Å². The molecule has 0 saturated carbocycles. The molecule has 0 bridgehead atoms. The Kier molecular flexibility index (Phi) is 4.74. The van der Waals surface area contributed by atoms with Crippen LogP contribution in [0, 0.1) is 16.7 Å². The lowest BCUT2D eigenvalue weighted by Crippen LogP contribution is -2.42. The summed E-state index contributed by atoms with van der Waals surface area (Å²) >= 11 is 0. The lowest BCUT2D eigenvalue weighted by molar-refractivity contribution is -0.151. The maximum atomic E-state index is 12.0. The van der Waals surface area contributed by atoms with Crippen molar-refractivity contribution >= 4 is 5.97 Å². The normalized spacial score (nSPS) is 31.9. The number of nitrogens with zero attached hydrogens (tertiary/aromatic N) is 1. The highest BCUT2D eigenvalue weighted by Crippen LogP contribution is 2.51. The molecule has 2 atom stereocenters. The Labute approximate surface area is 151 Å². The molecule has 2 aliphatic carbocycles. The molecule has 25 heavy (non-hydrogen) atoms. The molecule has 1 saturated heterocycles. The molecule has 0 spiro atoms. The highest BCUT2D eigenvalue weighted by Gasteiger charge is 2.49. The lowest BCUT2D eigenvalue weighted by Gasteiger charge is -2.45. The topological polar surface area (TPSA) is 49.8 Å². The zero-order valence-corrected chi connectivity index (χ0v) is 16.0. The molecule has 0 amide bonds. The molecule has 3 aliphatic rings. The first-order valence-corrected chi connectivity index (χ1v) is 9.49. The summed E-state index contributed by atoms with van der Waals surface area (Å²) in [5, 5.41) is 9.84. The van der Waals surface area contributed by atoms with Gasteiger partial charge >= 0.3 is 5.97 Å². The fourth-order valence-electron chi connectivity index (χ4n) is 4.53. The van der Waals surface area contributed by atoms with Crippen LogP contribution in [0.15, 0.2) is 35.4 Å². The number of likely N-dealkylation sites (tertiary alicyclic amines) is 1. The van der Waals surface area contributed by atoms with Gasteiger partial charge in [0.2, 0.25) is 0 Å². The van der Waals surface area contributed by atoms with Crippen LogP contribution in [0.5, 0.6) is 0 Å². The van der Waals surface area contributed by atoms with E-state index < -0.39 is 11.4 Å². The summed E-state index contributed by atoms with van der Waals surface area (Å²) in [6.45, 7) is 10.3. The molecule has 0 aromatic heterocycles. The molecular weight excluding hydrogens is 314 g/mol. The SMILES string of the molecule is CC1CC=CC=C1OC1=C(N2CCCC2)CC(C)(C(=O)O)CC1(C)C. The van der Waals surface area contributed by atoms with Gasteiger partial charge < -0.3 is 14.7 Å². The number of rotatable bonds is 4. The summed E-state index contributed by atoms with van der Waals surface area (Å²) in [6.07, 6.45) is 10.8. The van der Waals surface area contributed by atoms with E-state index in [1.165, 1.54) is 12.8 Å².